The van der Waals surface area contributed by atoms with E-state index in [-0.39, 0.29) is 5.54 Å². The minimum absolute atomic E-state index is 0.0888. The fourth-order valence-electron chi connectivity index (χ4n) is 2.55. The van der Waals surface area contributed by atoms with Gasteiger partial charge in [-0.3, -0.25) is 15.0 Å². The molecule has 1 aromatic heterocycles. The number of benzene rings is 1. The standard InChI is InChI=1S/C16H20BrN5/c1-4-16(2,3)22-10-9-20-15(22)21-11-5-6-12-14(13(11)17)19-8-7-18-12/h5-8H,4,9-10H2,1-3H3,(H,20,21). The number of aliphatic imine (C=N–C) groups is 1. The van der Waals surface area contributed by atoms with E-state index >= 15 is 0 Å². The van der Waals surface area contributed by atoms with Crippen LogP contribution in [0.1, 0.15) is 27.2 Å². The summed E-state index contributed by atoms with van der Waals surface area (Å²) in [5, 5.41) is 3.45. The van der Waals surface area contributed by atoms with E-state index in [1.165, 1.54) is 0 Å². The van der Waals surface area contributed by atoms with Gasteiger partial charge in [-0.15, -0.1) is 0 Å². The molecule has 5 nitrogen and oxygen atoms in total. The molecule has 22 heavy (non-hydrogen) atoms. The van der Waals surface area contributed by atoms with Crippen molar-refractivity contribution in [1.82, 2.24) is 14.9 Å². The molecule has 1 aliphatic heterocycles. The van der Waals surface area contributed by atoms with Gasteiger partial charge in [0.2, 0.25) is 0 Å². The van der Waals surface area contributed by atoms with Crippen LogP contribution in [-0.4, -0.2) is 39.5 Å². The number of hydrogen-bond donors (Lipinski definition) is 1. The Morgan fingerprint density at radius 3 is 2.82 bits per heavy atom. The van der Waals surface area contributed by atoms with Crippen LogP contribution in [0.3, 0.4) is 0 Å². The third-order valence-electron chi connectivity index (χ3n) is 4.26. The first-order valence-corrected chi connectivity index (χ1v) is 8.30. The number of nitrogens with zero attached hydrogens (tertiary/aromatic N) is 4. The van der Waals surface area contributed by atoms with Crippen molar-refractivity contribution in [3.63, 3.8) is 0 Å². The maximum Gasteiger partial charge on any atom is 0.199 e. The van der Waals surface area contributed by atoms with Crippen LogP contribution in [-0.2, 0) is 0 Å². The number of rotatable bonds is 3. The molecule has 2 heterocycles. The summed E-state index contributed by atoms with van der Waals surface area (Å²) in [6.07, 6.45) is 4.48. The number of halogens is 1. The zero-order valence-corrected chi connectivity index (χ0v) is 14.7. The van der Waals surface area contributed by atoms with Crippen LogP contribution < -0.4 is 5.32 Å². The summed E-state index contributed by atoms with van der Waals surface area (Å²) in [6, 6.07) is 3.99. The summed E-state index contributed by atoms with van der Waals surface area (Å²) in [5.74, 6) is 0.927. The molecule has 0 saturated carbocycles. The van der Waals surface area contributed by atoms with Gasteiger partial charge in [0, 0.05) is 24.5 Å². The number of anilines is 1. The largest absolute Gasteiger partial charge is 0.336 e. The van der Waals surface area contributed by atoms with Gasteiger partial charge in [0.1, 0.15) is 5.52 Å². The van der Waals surface area contributed by atoms with Crippen LogP contribution in [0.5, 0.6) is 0 Å². The number of aromatic nitrogens is 2. The number of fused-ring (bicyclic) bond motifs is 1. The second-order valence-corrected chi connectivity index (χ2v) is 6.79. The first-order valence-electron chi connectivity index (χ1n) is 7.51. The van der Waals surface area contributed by atoms with Crippen molar-refractivity contribution < 1.29 is 0 Å². The van der Waals surface area contributed by atoms with E-state index in [2.05, 4.69) is 61.9 Å². The van der Waals surface area contributed by atoms with Crippen molar-refractivity contribution in [1.29, 1.82) is 0 Å². The van der Waals surface area contributed by atoms with Gasteiger partial charge in [0.15, 0.2) is 5.96 Å². The average Bonchev–Trinajstić information content (AvgIpc) is 2.99. The molecule has 3 rings (SSSR count). The second kappa shape index (κ2) is 5.83. The van der Waals surface area contributed by atoms with Gasteiger partial charge in [-0.05, 0) is 48.3 Å². The maximum absolute atomic E-state index is 4.62. The van der Waals surface area contributed by atoms with E-state index in [1.54, 1.807) is 12.4 Å². The molecule has 1 aromatic carbocycles. The van der Waals surface area contributed by atoms with Crippen LogP contribution in [0.4, 0.5) is 5.69 Å². The number of guanidine groups is 1. The Bertz CT molecular complexity index is 726. The zero-order chi connectivity index (χ0) is 15.7. The van der Waals surface area contributed by atoms with Gasteiger partial charge in [-0.2, -0.15) is 0 Å². The summed E-state index contributed by atoms with van der Waals surface area (Å²) in [4.78, 5) is 15.7. The molecule has 0 spiro atoms. The quantitative estimate of drug-likeness (QED) is 0.905. The van der Waals surface area contributed by atoms with Crippen LogP contribution >= 0.6 is 15.9 Å². The monoisotopic (exact) mass is 361 g/mol. The molecule has 2 aromatic rings. The van der Waals surface area contributed by atoms with Gasteiger partial charge < -0.3 is 10.2 Å². The average molecular weight is 362 g/mol. The second-order valence-electron chi connectivity index (χ2n) is 6.00. The van der Waals surface area contributed by atoms with E-state index < -0.39 is 0 Å². The first-order chi connectivity index (χ1) is 10.5. The molecule has 1 N–H and O–H groups in total. The normalized spacial score (nSPS) is 15.3. The van der Waals surface area contributed by atoms with E-state index in [0.717, 1.165) is 46.7 Å². The summed E-state index contributed by atoms with van der Waals surface area (Å²) in [7, 11) is 0. The van der Waals surface area contributed by atoms with Crippen LogP contribution in [0.15, 0.2) is 34.0 Å². The predicted octanol–water partition coefficient (Wildman–Crippen LogP) is 3.66. The minimum Gasteiger partial charge on any atom is -0.336 e. The Morgan fingerprint density at radius 2 is 2.05 bits per heavy atom. The predicted molar refractivity (Wildman–Crippen MR) is 94.2 cm³/mol. The molecular formula is C16H20BrN5. The Labute approximate surface area is 139 Å². The molecule has 0 unspecified atom stereocenters. The van der Waals surface area contributed by atoms with Crippen LogP contribution in [0.25, 0.3) is 11.0 Å². The van der Waals surface area contributed by atoms with Crippen molar-refractivity contribution in [2.45, 2.75) is 32.7 Å². The van der Waals surface area contributed by atoms with Crippen molar-refractivity contribution in [2.75, 3.05) is 18.4 Å². The smallest absolute Gasteiger partial charge is 0.199 e. The topological polar surface area (TPSA) is 53.4 Å². The Kier molecular flexibility index (Phi) is 4.04. The van der Waals surface area contributed by atoms with Crippen molar-refractivity contribution in [3.8, 4) is 0 Å². The summed E-state index contributed by atoms with van der Waals surface area (Å²) < 4.78 is 0.918. The summed E-state index contributed by atoms with van der Waals surface area (Å²) in [5.41, 5.74) is 2.78. The van der Waals surface area contributed by atoms with Gasteiger partial charge in [-0.1, -0.05) is 6.92 Å². The van der Waals surface area contributed by atoms with E-state index in [1.807, 2.05) is 12.1 Å². The van der Waals surface area contributed by atoms with Crippen LogP contribution in [0.2, 0.25) is 0 Å². The lowest BCUT2D eigenvalue weighted by atomic mass is 10.00. The lowest BCUT2D eigenvalue weighted by molar-refractivity contribution is 0.224. The first kappa shape index (κ1) is 15.2. The lowest BCUT2D eigenvalue weighted by Crippen LogP contribution is -2.48. The fourth-order valence-corrected chi connectivity index (χ4v) is 3.09. The molecule has 1 aliphatic rings. The highest BCUT2D eigenvalue weighted by atomic mass is 79.9. The van der Waals surface area contributed by atoms with Crippen molar-refractivity contribution in [2.24, 2.45) is 4.99 Å². The van der Waals surface area contributed by atoms with Crippen LogP contribution in [0, 0.1) is 0 Å². The van der Waals surface area contributed by atoms with Gasteiger partial charge in [0.25, 0.3) is 0 Å². The highest BCUT2D eigenvalue weighted by Gasteiger charge is 2.30. The molecule has 0 saturated heterocycles. The molecule has 0 aliphatic carbocycles. The lowest BCUT2D eigenvalue weighted by Gasteiger charge is -2.37. The molecule has 0 fully saturated rings. The summed E-state index contributed by atoms with van der Waals surface area (Å²) in [6.45, 7) is 8.48. The highest BCUT2D eigenvalue weighted by Crippen LogP contribution is 2.30. The zero-order valence-electron chi connectivity index (χ0n) is 13.1. The Hall–Kier alpha value is -1.69. The summed E-state index contributed by atoms with van der Waals surface area (Å²) >= 11 is 3.64. The SMILES string of the molecule is CCC(C)(C)N1CCN=C1Nc1ccc2nccnc2c1Br. The van der Waals surface area contributed by atoms with E-state index in [4.69, 9.17) is 0 Å². The molecular weight excluding hydrogens is 342 g/mol. The van der Waals surface area contributed by atoms with Gasteiger partial charge in [0.05, 0.1) is 22.2 Å². The number of nitrogens with one attached hydrogen (secondary N) is 1. The van der Waals surface area contributed by atoms with E-state index in [0.29, 0.717) is 0 Å². The van der Waals surface area contributed by atoms with Crippen molar-refractivity contribution in [3.05, 3.63) is 29.0 Å². The van der Waals surface area contributed by atoms with Crippen molar-refractivity contribution >= 4 is 38.6 Å². The third kappa shape index (κ3) is 2.67. The molecule has 0 bridgehead atoms. The molecule has 0 atom stereocenters. The molecule has 6 heteroatoms. The number of hydrogen-bond acceptors (Lipinski definition) is 5. The highest BCUT2D eigenvalue weighted by molar-refractivity contribution is 9.10. The van der Waals surface area contributed by atoms with Gasteiger partial charge >= 0.3 is 0 Å². The Balaban J connectivity index is 1.92. The molecule has 116 valence electrons. The van der Waals surface area contributed by atoms with E-state index in [9.17, 15) is 0 Å². The maximum atomic E-state index is 4.62. The molecule has 0 radical (unpaired) electrons. The Morgan fingerprint density at radius 1 is 1.27 bits per heavy atom. The third-order valence-corrected chi connectivity index (χ3v) is 5.06. The minimum atomic E-state index is 0.0888. The fraction of sp³-hybridized carbons (Fsp3) is 0.438. The molecule has 0 amide bonds. The van der Waals surface area contributed by atoms with Gasteiger partial charge in [-0.25, -0.2) is 0 Å².